The van der Waals surface area contributed by atoms with Crippen LogP contribution in [0, 0.1) is 6.92 Å². The zero-order chi connectivity index (χ0) is 20.6. The third kappa shape index (κ3) is 5.42. The lowest BCUT2D eigenvalue weighted by molar-refractivity contribution is -0.115. The summed E-state index contributed by atoms with van der Waals surface area (Å²) in [6.07, 6.45) is 3.59. The predicted octanol–water partition coefficient (Wildman–Crippen LogP) is 3.51. The fourth-order valence-corrected chi connectivity index (χ4v) is 3.00. The third-order valence-electron chi connectivity index (χ3n) is 4.45. The third-order valence-corrected chi connectivity index (χ3v) is 4.45. The van der Waals surface area contributed by atoms with Crippen LogP contribution in [-0.2, 0) is 17.8 Å². The molecule has 0 bridgehead atoms. The monoisotopic (exact) mass is 389 g/mol. The molecule has 0 aliphatic carbocycles. The molecule has 0 atom stereocenters. The maximum atomic E-state index is 12.6. The van der Waals surface area contributed by atoms with Crippen LogP contribution in [0.15, 0.2) is 67.0 Å². The molecule has 1 aromatic heterocycles. The van der Waals surface area contributed by atoms with Gasteiger partial charge in [-0.15, -0.1) is 0 Å². The van der Waals surface area contributed by atoms with Crippen LogP contribution < -0.4 is 15.4 Å². The second kappa shape index (κ2) is 9.50. The SMILES string of the molecule is COc1ccc(CC(=O)Nc2ccccc2C(=O)NCc2cccnc2)cc1C. The van der Waals surface area contributed by atoms with Crippen molar-refractivity contribution in [2.24, 2.45) is 0 Å². The van der Waals surface area contributed by atoms with Crippen LogP contribution in [0.5, 0.6) is 5.75 Å². The molecule has 2 amide bonds. The van der Waals surface area contributed by atoms with E-state index in [9.17, 15) is 9.59 Å². The molecule has 1 heterocycles. The van der Waals surface area contributed by atoms with Gasteiger partial charge >= 0.3 is 0 Å². The summed E-state index contributed by atoms with van der Waals surface area (Å²) in [6.45, 7) is 2.29. The summed E-state index contributed by atoms with van der Waals surface area (Å²) in [5, 5.41) is 5.70. The van der Waals surface area contributed by atoms with Crippen molar-refractivity contribution in [1.82, 2.24) is 10.3 Å². The molecule has 29 heavy (non-hydrogen) atoms. The topological polar surface area (TPSA) is 80.3 Å². The van der Waals surface area contributed by atoms with E-state index >= 15 is 0 Å². The van der Waals surface area contributed by atoms with E-state index in [-0.39, 0.29) is 18.2 Å². The summed E-state index contributed by atoms with van der Waals surface area (Å²) in [6, 6.07) is 16.3. The van der Waals surface area contributed by atoms with Crippen LogP contribution in [-0.4, -0.2) is 23.9 Å². The number of carbonyl (C=O) groups is 2. The molecule has 6 nitrogen and oxygen atoms in total. The highest BCUT2D eigenvalue weighted by Crippen LogP contribution is 2.20. The summed E-state index contributed by atoms with van der Waals surface area (Å²) in [5.41, 5.74) is 3.63. The van der Waals surface area contributed by atoms with Gasteiger partial charge in [-0.05, 0) is 47.9 Å². The highest BCUT2D eigenvalue weighted by molar-refractivity contribution is 6.04. The summed E-state index contributed by atoms with van der Waals surface area (Å²) in [5.74, 6) is 0.330. The van der Waals surface area contributed by atoms with Crippen molar-refractivity contribution in [3.8, 4) is 5.75 Å². The number of methoxy groups -OCH3 is 1. The summed E-state index contributed by atoms with van der Waals surface area (Å²) >= 11 is 0. The fourth-order valence-electron chi connectivity index (χ4n) is 3.00. The van der Waals surface area contributed by atoms with Gasteiger partial charge in [-0.3, -0.25) is 14.6 Å². The second-order valence-electron chi connectivity index (χ2n) is 6.62. The Morgan fingerprint density at radius 2 is 1.86 bits per heavy atom. The van der Waals surface area contributed by atoms with E-state index < -0.39 is 0 Å². The zero-order valence-corrected chi connectivity index (χ0v) is 16.4. The van der Waals surface area contributed by atoms with E-state index in [1.54, 1.807) is 43.8 Å². The van der Waals surface area contributed by atoms with E-state index in [1.807, 2.05) is 37.3 Å². The number of hydrogen-bond acceptors (Lipinski definition) is 4. The van der Waals surface area contributed by atoms with Crippen LogP contribution in [0.2, 0.25) is 0 Å². The van der Waals surface area contributed by atoms with Crippen molar-refractivity contribution in [2.45, 2.75) is 19.9 Å². The number of aryl methyl sites for hydroxylation is 1. The number of aromatic nitrogens is 1. The Bertz CT molecular complexity index is 1000. The first kappa shape index (κ1) is 20.1. The second-order valence-corrected chi connectivity index (χ2v) is 6.62. The maximum Gasteiger partial charge on any atom is 0.253 e. The molecule has 0 aliphatic heterocycles. The molecule has 2 N–H and O–H groups in total. The average molecular weight is 389 g/mol. The minimum atomic E-state index is -0.259. The van der Waals surface area contributed by atoms with Crippen molar-refractivity contribution < 1.29 is 14.3 Å². The highest BCUT2D eigenvalue weighted by atomic mass is 16.5. The van der Waals surface area contributed by atoms with Gasteiger partial charge in [-0.2, -0.15) is 0 Å². The van der Waals surface area contributed by atoms with E-state index in [0.29, 0.717) is 17.8 Å². The number of carbonyl (C=O) groups excluding carboxylic acids is 2. The minimum absolute atomic E-state index is 0.193. The molecular weight excluding hydrogens is 366 g/mol. The Morgan fingerprint density at radius 1 is 1.03 bits per heavy atom. The lowest BCUT2D eigenvalue weighted by Crippen LogP contribution is -2.25. The van der Waals surface area contributed by atoms with Crippen LogP contribution in [0.25, 0.3) is 0 Å². The van der Waals surface area contributed by atoms with Crippen LogP contribution in [0.1, 0.15) is 27.0 Å². The molecule has 2 aromatic carbocycles. The first-order valence-electron chi connectivity index (χ1n) is 9.26. The van der Waals surface area contributed by atoms with Gasteiger partial charge < -0.3 is 15.4 Å². The van der Waals surface area contributed by atoms with Crippen LogP contribution in [0.4, 0.5) is 5.69 Å². The smallest absolute Gasteiger partial charge is 0.253 e. The van der Waals surface area contributed by atoms with Gasteiger partial charge in [0.15, 0.2) is 0 Å². The Labute approximate surface area is 169 Å². The van der Waals surface area contributed by atoms with E-state index in [1.165, 1.54) is 0 Å². The number of benzene rings is 2. The summed E-state index contributed by atoms with van der Waals surface area (Å²) < 4.78 is 5.25. The lowest BCUT2D eigenvalue weighted by Gasteiger charge is -2.12. The lowest BCUT2D eigenvalue weighted by atomic mass is 10.1. The number of nitrogens with zero attached hydrogens (tertiary/aromatic N) is 1. The molecule has 3 rings (SSSR count). The number of amides is 2. The van der Waals surface area contributed by atoms with Gasteiger partial charge in [0.25, 0.3) is 5.91 Å². The van der Waals surface area contributed by atoms with Gasteiger partial charge in [0.2, 0.25) is 5.91 Å². The zero-order valence-electron chi connectivity index (χ0n) is 16.4. The fraction of sp³-hybridized carbons (Fsp3) is 0.174. The highest BCUT2D eigenvalue weighted by Gasteiger charge is 2.13. The van der Waals surface area contributed by atoms with Gasteiger partial charge in [0.1, 0.15) is 5.75 Å². The minimum Gasteiger partial charge on any atom is -0.496 e. The van der Waals surface area contributed by atoms with Crippen molar-refractivity contribution in [3.63, 3.8) is 0 Å². The molecule has 0 radical (unpaired) electrons. The predicted molar refractivity (Wildman–Crippen MR) is 112 cm³/mol. The standard InChI is InChI=1S/C23H23N3O3/c1-16-12-17(9-10-21(16)29-2)13-22(27)26-20-8-4-3-7-19(20)23(28)25-15-18-6-5-11-24-14-18/h3-12,14H,13,15H2,1-2H3,(H,25,28)(H,26,27). The van der Waals surface area contributed by atoms with Gasteiger partial charge in [-0.25, -0.2) is 0 Å². The maximum absolute atomic E-state index is 12.6. The first-order valence-corrected chi connectivity index (χ1v) is 9.26. The van der Waals surface area contributed by atoms with E-state index in [2.05, 4.69) is 15.6 Å². The van der Waals surface area contributed by atoms with Crippen LogP contribution >= 0.6 is 0 Å². The summed E-state index contributed by atoms with van der Waals surface area (Å²) in [4.78, 5) is 29.1. The van der Waals surface area contributed by atoms with Crippen molar-refractivity contribution in [2.75, 3.05) is 12.4 Å². The Kier molecular flexibility index (Phi) is 6.58. The van der Waals surface area contributed by atoms with Gasteiger partial charge in [-0.1, -0.05) is 30.3 Å². The van der Waals surface area contributed by atoms with Gasteiger partial charge in [0, 0.05) is 18.9 Å². The molecular formula is C23H23N3O3. The van der Waals surface area contributed by atoms with E-state index in [4.69, 9.17) is 4.74 Å². The molecule has 3 aromatic rings. The summed E-state index contributed by atoms with van der Waals surface area (Å²) in [7, 11) is 1.62. The van der Waals surface area contributed by atoms with Crippen molar-refractivity contribution >= 4 is 17.5 Å². The van der Waals surface area contributed by atoms with Crippen molar-refractivity contribution in [3.05, 3.63) is 89.2 Å². The van der Waals surface area contributed by atoms with Crippen LogP contribution in [0.3, 0.4) is 0 Å². The molecule has 0 aliphatic rings. The molecule has 0 saturated carbocycles. The number of rotatable bonds is 7. The average Bonchev–Trinajstić information content (AvgIpc) is 2.73. The quantitative estimate of drug-likeness (QED) is 0.648. The molecule has 148 valence electrons. The number of pyridine rings is 1. The number of hydrogen-bond donors (Lipinski definition) is 2. The van der Waals surface area contributed by atoms with Crippen molar-refractivity contribution in [1.29, 1.82) is 0 Å². The Balaban J connectivity index is 1.65. The Hall–Kier alpha value is -3.67. The molecule has 6 heteroatoms. The van der Waals surface area contributed by atoms with E-state index in [0.717, 1.165) is 22.4 Å². The number of anilines is 1. The molecule has 0 spiro atoms. The number of ether oxygens (including phenoxy) is 1. The number of nitrogens with one attached hydrogen (secondary N) is 2. The van der Waals surface area contributed by atoms with Gasteiger partial charge in [0.05, 0.1) is 24.8 Å². The molecule has 0 saturated heterocycles. The molecule has 0 unspecified atom stereocenters. The molecule has 0 fully saturated rings. The first-order chi connectivity index (χ1) is 14.1. The number of para-hydroxylation sites is 1. The largest absolute Gasteiger partial charge is 0.496 e. The Morgan fingerprint density at radius 3 is 2.59 bits per heavy atom. The normalized spacial score (nSPS) is 10.3.